The van der Waals surface area contributed by atoms with E-state index in [1.807, 2.05) is 24.3 Å². The molecule has 2 nitrogen and oxygen atoms in total. The minimum atomic E-state index is -0.464. The van der Waals surface area contributed by atoms with Crippen molar-refractivity contribution in [2.75, 3.05) is 5.32 Å². The van der Waals surface area contributed by atoms with E-state index in [-0.39, 0.29) is 6.04 Å². The summed E-state index contributed by atoms with van der Waals surface area (Å²) in [7, 11) is 0. The lowest BCUT2D eigenvalue weighted by atomic mass is 10.0. The molecule has 0 fully saturated rings. The number of hydrogen-bond acceptors (Lipinski definition) is 2. The van der Waals surface area contributed by atoms with E-state index < -0.39 is 6.10 Å². The highest BCUT2D eigenvalue weighted by Crippen LogP contribution is 2.26. The molecule has 0 amide bonds. The average Bonchev–Trinajstić information content (AvgIpc) is 2.39. The van der Waals surface area contributed by atoms with Crippen molar-refractivity contribution < 1.29 is 5.11 Å². The molecule has 2 aromatic rings. The Morgan fingerprint density at radius 3 is 2.21 bits per heavy atom. The van der Waals surface area contributed by atoms with E-state index in [1.165, 1.54) is 11.1 Å². The number of para-hydroxylation sites is 1. The summed E-state index contributed by atoms with van der Waals surface area (Å²) in [5, 5.41) is 13.3. The lowest BCUT2D eigenvalue weighted by Gasteiger charge is -2.19. The van der Waals surface area contributed by atoms with Gasteiger partial charge in [-0.25, -0.2) is 0 Å². The second-order valence-electron chi connectivity index (χ2n) is 5.04. The van der Waals surface area contributed by atoms with Crippen molar-refractivity contribution in [2.24, 2.45) is 0 Å². The number of nitrogens with one attached hydrogen (secondary N) is 1. The van der Waals surface area contributed by atoms with Crippen LogP contribution in [0, 0.1) is 6.92 Å². The Bertz CT molecular complexity index is 531. The van der Waals surface area contributed by atoms with Gasteiger partial charge in [0.05, 0.1) is 6.10 Å². The fourth-order valence-corrected chi connectivity index (χ4v) is 2.16. The van der Waals surface area contributed by atoms with Crippen LogP contribution in [-0.4, -0.2) is 5.11 Å². The van der Waals surface area contributed by atoms with Crippen LogP contribution in [0.15, 0.2) is 48.5 Å². The highest BCUT2D eigenvalue weighted by molar-refractivity contribution is 5.53. The van der Waals surface area contributed by atoms with Gasteiger partial charge in [0.1, 0.15) is 0 Å². The summed E-state index contributed by atoms with van der Waals surface area (Å²) in [6, 6.07) is 16.6. The molecule has 0 saturated carbocycles. The third kappa shape index (κ3) is 3.36. The van der Waals surface area contributed by atoms with Crippen LogP contribution in [0.4, 0.5) is 5.69 Å². The molecule has 0 heterocycles. The lowest BCUT2D eigenvalue weighted by molar-refractivity contribution is 0.200. The summed E-state index contributed by atoms with van der Waals surface area (Å²) in [4.78, 5) is 0. The molecule has 2 heteroatoms. The fourth-order valence-electron chi connectivity index (χ4n) is 2.16. The first-order chi connectivity index (χ1) is 9.08. The first-order valence-corrected chi connectivity index (χ1v) is 6.68. The van der Waals surface area contributed by atoms with Gasteiger partial charge < -0.3 is 10.4 Å². The SMILES string of the molecule is Cc1ccc(C(C)Nc2ccccc2C(C)O)cc1. The van der Waals surface area contributed by atoms with Crippen molar-refractivity contribution in [2.45, 2.75) is 32.9 Å². The smallest absolute Gasteiger partial charge is 0.0781 e. The Labute approximate surface area is 115 Å². The number of aliphatic hydroxyl groups is 1. The van der Waals surface area contributed by atoms with E-state index in [0.717, 1.165) is 11.3 Å². The monoisotopic (exact) mass is 255 g/mol. The van der Waals surface area contributed by atoms with Gasteiger partial charge in [-0.1, -0.05) is 48.0 Å². The van der Waals surface area contributed by atoms with Crippen LogP contribution in [0.5, 0.6) is 0 Å². The minimum absolute atomic E-state index is 0.209. The van der Waals surface area contributed by atoms with Crippen molar-refractivity contribution >= 4 is 5.69 Å². The molecule has 2 aromatic carbocycles. The van der Waals surface area contributed by atoms with E-state index in [0.29, 0.717) is 0 Å². The molecular formula is C17H21NO. The molecule has 0 aliphatic carbocycles. The molecule has 0 radical (unpaired) electrons. The van der Waals surface area contributed by atoms with Crippen LogP contribution in [0.3, 0.4) is 0 Å². The van der Waals surface area contributed by atoms with Crippen molar-refractivity contribution in [3.05, 3.63) is 65.2 Å². The molecule has 0 aliphatic rings. The molecule has 0 saturated heterocycles. The van der Waals surface area contributed by atoms with Crippen LogP contribution in [-0.2, 0) is 0 Å². The summed E-state index contributed by atoms with van der Waals surface area (Å²) in [6.45, 7) is 6.01. The van der Waals surface area contributed by atoms with Gasteiger partial charge >= 0.3 is 0 Å². The molecule has 0 spiro atoms. The molecule has 100 valence electrons. The Kier molecular flexibility index (Phi) is 4.23. The van der Waals surface area contributed by atoms with Gasteiger partial charge in [0.15, 0.2) is 0 Å². The number of rotatable bonds is 4. The largest absolute Gasteiger partial charge is 0.389 e. The van der Waals surface area contributed by atoms with Gasteiger partial charge in [0.25, 0.3) is 0 Å². The highest BCUT2D eigenvalue weighted by Gasteiger charge is 2.10. The molecular weight excluding hydrogens is 234 g/mol. The van der Waals surface area contributed by atoms with Crippen LogP contribution in [0.25, 0.3) is 0 Å². The topological polar surface area (TPSA) is 32.3 Å². The van der Waals surface area contributed by atoms with E-state index >= 15 is 0 Å². The molecule has 2 atom stereocenters. The molecule has 0 aromatic heterocycles. The number of aryl methyl sites for hydroxylation is 1. The predicted octanol–water partition coefficient (Wildman–Crippen LogP) is 4.22. The Hall–Kier alpha value is -1.80. The summed E-state index contributed by atoms with van der Waals surface area (Å²) >= 11 is 0. The van der Waals surface area contributed by atoms with Crippen molar-refractivity contribution in [3.8, 4) is 0 Å². The van der Waals surface area contributed by atoms with Gasteiger partial charge in [0.2, 0.25) is 0 Å². The first kappa shape index (κ1) is 13.6. The van der Waals surface area contributed by atoms with Crippen molar-refractivity contribution in [1.82, 2.24) is 0 Å². The lowest BCUT2D eigenvalue weighted by Crippen LogP contribution is -2.09. The quantitative estimate of drug-likeness (QED) is 0.857. The van der Waals surface area contributed by atoms with Crippen LogP contribution < -0.4 is 5.32 Å². The van der Waals surface area contributed by atoms with Crippen molar-refractivity contribution in [1.29, 1.82) is 0 Å². The molecule has 19 heavy (non-hydrogen) atoms. The summed E-state index contributed by atoms with van der Waals surface area (Å²) in [5.41, 5.74) is 4.43. The summed E-state index contributed by atoms with van der Waals surface area (Å²) < 4.78 is 0. The number of anilines is 1. The zero-order chi connectivity index (χ0) is 13.8. The van der Waals surface area contributed by atoms with Crippen LogP contribution >= 0.6 is 0 Å². The number of hydrogen-bond donors (Lipinski definition) is 2. The molecule has 2 rings (SSSR count). The third-order valence-corrected chi connectivity index (χ3v) is 3.36. The predicted molar refractivity (Wildman–Crippen MR) is 80.3 cm³/mol. The third-order valence-electron chi connectivity index (χ3n) is 3.36. The summed E-state index contributed by atoms with van der Waals surface area (Å²) in [5.74, 6) is 0. The van der Waals surface area contributed by atoms with E-state index in [9.17, 15) is 5.11 Å². The van der Waals surface area contributed by atoms with Gasteiger partial charge in [-0.05, 0) is 32.4 Å². The molecule has 2 unspecified atom stereocenters. The highest BCUT2D eigenvalue weighted by atomic mass is 16.3. The molecule has 0 aliphatic heterocycles. The zero-order valence-electron chi connectivity index (χ0n) is 11.7. The maximum absolute atomic E-state index is 9.78. The van der Waals surface area contributed by atoms with Crippen LogP contribution in [0.2, 0.25) is 0 Å². The standard InChI is InChI=1S/C17H21NO/c1-12-8-10-15(11-9-12)13(2)18-17-7-5-4-6-16(17)14(3)19/h4-11,13-14,18-19H,1-3H3. The number of aliphatic hydroxyl groups excluding tert-OH is 1. The average molecular weight is 255 g/mol. The van der Waals surface area contributed by atoms with E-state index in [1.54, 1.807) is 6.92 Å². The van der Waals surface area contributed by atoms with Gasteiger partial charge in [0, 0.05) is 17.3 Å². The van der Waals surface area contributed by atoms with Crippen LogP contribution in [0.1, 0.15) is 42.7 Å². The summed E-state index contributed by atoms with van der Waals surface area (Å²) in [6.07, 6.45) is -0.464. The maximum Gasteiger partial charge on any atom is 0.0781 e. The van der Waals surface area contributed by atoms with E-state index in [2.05, 4.69) is 43.4 Å². The Morgan fingerprint density at radius 2 is 1.58 bits per heavy atom. The normalized spacial score (nSPS) is 13.9. The second kappa shape index (κ2) is 5.89. The first-order valence-electron chi connectivity index (χ1n) is 6.68. The fraction of sp³-hybridized carbons (Fsp3) is 0.294. The Balaban J connectivity index is 2.19. The number of benzene rings is 2. The molecule has 2 N–H and O–H groups in total. The maximum atomic E-state index is 9.78. The van der Waals surface area contributed by atoms with Gasteiger partial charge in [-0.2, -0.15) is 0 Å². The Morgan fingerprint density at radius 1 is 0.947 bits per heavy atom. The molecule has 0 bridgehead atoms. The van der Waals surface area contributed by atoms with Gasteiger partial charge in [-0.15, -0.1) is 0 Å². The van der Waals surface area contributed by atoms with E-state index in [4.69, 9.17) is 0 Å². The second-order valence-corrected chi connectivity index (χ2v) is 5.04. The van der Waals surface area contributed by atoms with Gasteiger partial charge in [-0.3, -0.25) is 0 Å². The zero-order valence-corrected chi connectivity index (χ0v) is 11.7. The minimum Gasteiger partial charge on any atom is -0.389 e. The van der Waals surface area contributed by atoms with Crippen molar-refractivity contribution in [3.63, 3.8) is 0 Å².